The Morgan fingerprint density at radius 3 is 2.79 bits per heavy atom. The Bertz CT molecular complexity index is 432. The van der Waals surface area contributed by atoms with Gasteiger partial charge in [-0.15, -0.1) is 0 Å². The maximum atomic E-state index is 3.28. The lowest BCUT2D eigenvalue weighted by Crippen LogP contribution is -2.37. The summed E-state index contributed by atoms with van der Waals surface area (Å²) in [7, 11) is 4.33. The summed E-state index contributed by atoms with van der Waals surface area (Å²) < 4.78 is 0. The lowest BCUT2D eigenvalue weighted by molar-refractivity contribution is 0.254. The van der Waals surface area contributed by atoms with Crippen molar-refractivity contribution in [1.29, 1.82) is 0 Å². The van der Waals surface area contributed by atoms with E-state index < -0.39 is 0 Å². The fourth-order valence-electron chi connectivity index (χ4n) is 3.69. The van der Waals surface area contributed by atoms with Crippen LogP contribution in [0.5, 0.6) is 0 Å². The molecule has 2 saturated heterocycles. The molecular weight excluding hydrogens is 234 g/mol. The second-order valence-electron chi connectivity index (χ2n) is 5.94. The number of hydrogen-bond acceptors (Lipinski definition) is 3. The summed E-state index contributed by atoms with van der Waals surface area (Å²) in [6.45, 7) is 3.34. The van der Waals surface area contributed by atoms with E-state index in [1.807, 2.05) is 7.05 Å². The molecule has 0 saturated carbocycles. The number of fused-ring (bicyclic) bond motifs is 2. The Morgan fingerprint density at radius 1 is 1.16 bits per heavy atom. The molecule has 2 atom stereocenters. The van der Waals surface area contributed by atoms with E-state index in [2.05, 4.69) is 46.4 Å². The first-order valence-corrected chi connectivity index (χ1v) is 7.49. The molecule has 2 aliphatic heterocycles. The van der Waals surface area contributed by atoms with Crippen molar-refractivity contribution in [3.8, 4) is 0 Å². The first kappa shape index (κ1) is 12.9. The van der Waals surface area contributed by atoms with Gasteiger partial charge in [-0.2, -0.15) is 0 Å². The van der Waals surface area contributed by atoms with Crippen LogP contribution < -0.4 is 10.2 Å². The molecule has 0 aliphatic carbocycles. The average molecular weight is 259 g/mol. The number of hydrogen-bond donors (Lipinski definition) is 1. The summed E-state index contributed by atoms with van der Waals surface area (Å²) in [5, 5.41) is 3.28. The standard InChI is InChI=1S/C16H25N3/c1-17-11-13-5-3-4-6-16(13)19-10-9-14-7-8-15(12-19)18(14)2/h3-6,14-15,17H,7-12H2,1-2H3. The molecule has 2 heterocycles. The van der Waals surface area contributed by atoms with Gasteiger partial charge < -0.3 is 10.2 Å². The number of anilines is 1. The summed E-state index contributed by atoms with van der Waals surface area (Å²) in [5.41, 5.74) is 2.85. The normalized spacial score (nSPS) is 27.6. The SMILES string of the molecule is CNCc1ccccc1N1CCC2CCC(C1)N2C. The molecule has 104 valence electrons. The van der Waals surface area contributed by atoms with Gasteiger partial charge in [-0.1, -0.05) is 18.2 Å². The van der Waals surface area contributed by atoms with Crippen LogP contribution in [0, 0.1) is 0 Å². The molecule has 0 spiro atoms. The van der Waals surface area contributed by atoms with Gasteiger partial charge in [0, 0.05) is 37.4 Å². The molecular formula is C16H25N3. The third-order valence-corrected chi connectivity index (χ3v) is 4.85. The van der Waals surface area contributed by atoms with Crippen LogP contribution in [0.15, 0.2) is 24.3 Å². The number of para-hydroxylation sites is 1. The number of likely N-dealkylation sites (N-methyl/N-ethyl adjacent to an activating group) is 1. The molecule has 1 aromatic rings. The van der Waals surface area contributed by atoms with Gasteiger partial charge in [0.25, 0.3) is 0 Å². The Labute approximate surface area is 116 Å². The number of benzene rings is 1. The average Bonchev–Trinajstić information content (AvgIpc) is 2.65. The van der Waals surface area contributed by atoms with E-state index in [9.17, 15) is 0 Å². The van der Waals surface area contributed by atoms with E-state index in [0.29, 0.717) is 0 Å². The van der Waals surface area contributed by atoms with Crippen molar-refractivity contribution in [2.75, 3.05) is 32.1 Å². The Hall–Kier alpha value is -1.06. The largest absolute Gasteiger partial charge is 0.370 e. The summed E-state index contributed by atoms with van der Waals surface area (Å²) in [6, 6.07) is 10.4. The molecule has 3 nitrogen and oxygen atoms in total. The van der Waals surface area contributed by atoms with Gasteiger partial charge in [0.15, 0.2) is 0 Å². The molecule has 3 rings (SSSR count). The van der Waals surface area contributed by atoms with Crippen molar-refractivity contribution < 1.29 is 0 Å². The van der Waals surface area contributed by atoms with Gasteiger partial charge in [0.1, 0.15) is 0 Å². The van der Waals surface area contributed by atoms with Crippen LogP contribution in [0.3, 0.4) is 0 Å². The van der Waals surface area contributed by atoms with Gasteiger partial charge in [-0.25, -0.2) is 0 Å². The highest BCUT2D eigenvalue weighted by Crippen LogP contribution is 2.31. The predicted octanol–water partition coefficient (Wildman–Crippen LogP) is 2.08. The molecule has 0 amide bonds. The fraction of sp³-hybridized carbons (Fsp3) is 0.625. The van der Waals surface area contributed by atoms with Crippen LogP contribution in [0.4, 0.5) is 5.69 Å². The van der Waals surface area contributed by atoms with Gasteiger partial charge in [0.2, 0.25) is 0 Å². The van der Waals surface area contributed by atoms with Crippen molar-refractivity contribution in [3.63, 3.8) is 0 Å². The zero-order chi connectivity index (χ0) is 13.2. The molecule has 2 bridgehead atoms. The van der Waals surface area contributed by atoms with E-state index in [-0.39, 0.29) is 0 Å². The molecule has 0 radical (unpaired) electrons. The zero-order valence-corrected chi connectivity index (χ0v) is 12.1. The van der Waals surface area contributed by atoms with Crippen LogP contribution >= 0.6 is 0 Å². The van der Waals surface area contributed by atoms with Crippen LogP contribution in [0.1, 0.15) is 24.8 Å². The van der Waals surface area contributed by atoms with Crippen LogP contribution in [0.25, 0.3) is 0 Å². The molecule has 1 aromatic carbocycles. The third-order valence-electron chi connectivity index (χ3n) is 4.85. The smallest absolute Gasteiger partial charge is 0.0412 e. The van der Waals surface area contributed by atoms with E-state index in [1.165, 1.54) is 43.6 Å². The zero-order valence-electron chi connectivity index (χ0n) is 12.1. The topological polar surface area (TPSA) is 18.5 Å². The minimum absolute atomic E-state index is 0.746. The van der Waals surface area contributed by atoms with Crippen LogP contribution in [0.2, 0.25) is 0 Å². The lowest BCUT2D eigenvalue weighted by atomic mass is 10.1. The maximum absolute atomic E-state index is 3.28. The maximum Gasteiger partial charge on any atom is 0.0412 e. The Morgan fingerprint density at radius 2 is 1.95 bits per heavy atom. The number of rotatable bonds is 3. The summed E-state index contributed by atoms with van der Waals surface area (Å²) in [6.07, 6.45) is 4.07. The van der Waals surface area contributed by atoms with Gasteiger partial charge >= 0.3 is 0 Å². The predicted molar refractivity (Wildman–Crippen MR) is 80.6 cm³/mol. The highest BCUT2D eigenvalue weighted by molar-refractivity contribution is 5.54. The molecule has 3 heteroatoms. The summed E-state index contributed by atoms with van der Waals surface area (Å²) in [4.78, 5) is 5.22. The highest BCUT2D eigenvalue weighted by atomic mass is 15.3. The van der Waals surface area contributed by atoms with Crippen molar-refractivity contribution in [3.05, 3.63) is 29.8 Å². The van der Waals surface area contributed by atoms with Crippen LogP contribution in [-0.2, 0) is 6.54 Å². The third kappa shape index (κ3) is 2.49. The van der Waals surface area contributed by atoms with E-state index in [4.69, 9.17) is 0 Å². The molecule has 2 aliphatic rings. The first-order chi connectivity index (χ1) is 9.29. The quantitative estimate of drug-likeness (QED) is 0.896. The molecule has 2 fully saturated rings. The van der Waals surface area contributed by atoms with Crippen LogP contribution in [-0.4, -0.2) is 44.2 Å². The van der Waals surface area contributed by atoms with Gasteiger partial charge in [0.05, 0.1) is 0 Å². The lowest BCUT2D eigenvalue weighted by Gasteiger charge is -2.29. The summed E-state index contributed by atoms with van der Waals surface area (Å²) in [5.74, 6) is 0. The second kappa shape index (κ2) is 5.51. The number of nitrogens with one attached hydrogen (secondary N) is 1. The fourth-order valence-corrected chi connectivity index (χ4v) is 3.69. The molecule has 0 aromatic heterocycles. The van der Waals surface area contributed by atoms with Gasteiger partial charge in [-0.05, 0) is 45.0 Å². The molecule has 2 unspecified atom stereocenters. The van der Waals surface area contributed by atoms with Crippen molar-refractivity contribution in [2.45, 2.75) is 37.9 Å². The van der Waals surface area contributed by atoms with Crippen molar-refractivity contribution in [1.82, 2.24) is 10.2 Å². The monoisotopic (exact) mass is 259 g/mol. The molecule has 1 N–H and O–H groups in total. The minimum Gasteiger partial charge on any atom is -0.370 e. The van der Waals surface area contributed by atoms with Crippen molar-refractivity contribution in [2.24, 2.45) is 0 Å². The van der Waals surface area contributed by atoms with Crippen molar-refractivity contribution >= 4 is 5.69 Å². The van der Waals surface area contributed by atoms with E-state index in [1.54, 1.807) is 0 Å². The molecule has 19 heavy (non-hydrogen) atoms. The highest BCUT2D eigenvalue weighted by Gasteiger charge is 2.34. The summed E-state index contributed by atoms with van der Waals surface area (Å²) >= 11 is 0. The second-order valence-corrected chi connectivity index (χ2v) is 5.94. The van der Waals surface area contributed by atoms with E-state index >= 15 is 0 Å². The number of nitrogens with zero attached hydrogens (tertiary/aromatic N) is 2. The Balaban J connectivity index is 1.82. The first-order valence-electron chi connectivity index (χ1n) is 7.49. The van der Waals surface area contributed by atoms with Gasteiger partial charge in [-0.3, -0.25) is 4.90 Å². The van der Waals surface area contributed by atoms with E-state index in [0.717, 1.165) is 18.6 Å². The Kier molecular flexibility index (Phi) is 3.76. The minimum atomic E-state index is 0.746.